The highest BCUT2D eigenvalue weighted by atomic mass is 28.4. The first kappa shape index (κ1) is 52.0. The van der Waals surface area contributed by atoms with Gasteiger partial charge in [0.1, 0.15) is 5.83 Å². The number of carbonyl (C=O) groups excluding carboxylic acids is 1. The predicted octanol–water partition coefficient (Wildman–Crippen LogP) is 10.3. The quantitative estimate of drug-likeness (QED) is 0.0779. The smallest absolute Gasteiger partial charge is 0.366 e. The summed E-state index contributed by atoms with van der Waals surface area (Å²) in [7, 11) is -4.21. The molecule has 58 heavy (non-hydrogen) atoms. The van der Waals surface area contributed by atoms with Crippen LogP contribution in [0, 0.1) is 11.8 Å². The maximum absolute atomic E-state index is 14.1. The molecule has 0 bridgehead atoms. The lowest BCUT2D eigenvalue weighted by molar-refractivity contribution is -0.137. The van der Waals surface area contributed by atoms with Crippen molar-refractivity contribution in [2.45, 2.75) is 106 Å². The van der Waals surface area contributed by atoms with E-state index in [2.05, 4.69) is 119 Å². The summed E-state index contributed by atoms with van der Waals surface area (Å²) in [4.78, 5) is 11.5. The van der Waals surface area contributed by atoms with Gasteiger partial charge in [0, 0.05) is 24.0 Å². The van der Waals surface area contributed by atoms with Crippen LogP contribution in [0.5, 0.6) is 0 Å². The SMILES string of the molecule is C.C.CC(/C=C(/F)CO)C(C)O[Si](c1ccccc1)(c1ccccc1)C(C)(C)C.COC(=O)/C(F)=C\C(C)C(C)O[Si](c1ccccc1)(c1ccccc1)C(C)(C)C. The van der Waals surface area contributed by atoms with Crippen molar-refractivity contribution in [1.29, 1.82) is 0 Å². The van der Waals surface area contributed by atoms with E-state index in [9.17, 15) is 13.6 Å². The van der Waals surface area contributed by atoms with Crippen molar-refractivity contribution in [3.63, 3.8) is 0 Å². The summed E-state index contributed by atoms with van der Waals surface area (Å²) in [5.41, 5.74) is 0. The van der Waals surface area contributed by atoms with E-state index in [4.69, 9.17) is 14.0 Å². The van der Waals surface area contributed by atoms with Crippen LogP contribution in [0.1, 0.15) is 84.1 Å². The highest BCUT2D eigenvalue weighted by Gasteiger charge is 2.52. The molecule has 318 valence electrons. The molecule has 4 aromatic rings. The van der Waals surface area contributed by atoms with E-state index in [0.29, 0.717) is 0 Å². The van der Waals surface area contributed by atoms with Gasteiger partial charge in [0.05, 0.1) is 13.7 Å². The molecular weight excluding hydrogens is 763 g/mol. The fourth-order valence-corrected chi connectivity index (χ4v) is 16.7. The van der Waals surface area contributed by atoms with Crippen LogP contribution in [-0.4, -0.2) is 53.6 Å². The van der Waals surface area contributed by atoms with Crippen molar-refractivity contribution in [3.8, 4) is 0 Å². The second kappa shape index (κ2) is 23.0. The van der Waals surface area contributed by atoms with E-state index in [1.165, 1.54) is 29.6 Å². The summed E-state index contributed by atoms with van der Waals surface area (Å²) in [5, 5.41) is 13.4. The zero-order valence-electron chi connectivity index (χ0n) is 35.1. The van der Waals surface area contributed by atoms with Crippen LogP contribution in [-0.2, 0) is 18.4 Å². The minimum atomic E-state index is -2.73. The Kier molecular flexibility index (Phi) is 20.6. The number of ether oxygens (including phenoxy) is 1. The highest BCUT2D eigenvalue weighted by Crippen LogP contribution is 2.39. The van der Waals surface area contributed by atoms with Crippen molar-refractivity contribution < 1.29 is 32.3 Å². The van der Waals surface area contributed by atoms with Gasteiger partial charge in [-0.1, -0.05) is 192 Å². The Morgan fingerprint density at radius 1 is 0.586 bits per heavy atom. The topological polar surface area (TPSA) is 65.0 Å². The number of esters is 1. The molecule has 0 aliphatic heterocycles. The average molecular weight is 833 g/mol. The molecule has 0 saturated carbocycles. The van der Waals surface area contributed by atoms with E-state index >= 15 is 0 Å². The van der Waals surface area contributed by atoms with Crippen LogP contribution in [0.15, 0.2) is 145 Å². The summed E-state index contributed by atoms with van der Waals surface area (Å²) in [6.45, 7) is 20.4. The molecule has 0 fully saturated rings. The van der Waals surface area contributed by atoms with Gasteiger partial charge in [0.15, 0.2) is 0 Å². The first-order chi connectivity index (χ1) is 26.3. The van der Waals surface area contributed by atoms with E-state index in [0.717, 1.165) is 10.4 Å². The Hall–Kier alpha value is -4.00. The lowest BCUT2D eigenvalue weighted by Gasteiger charge is -2.45. The molecule has 0 spiro atoms. The first-order valence-corrected chi connectivity index (χ1v) is 23.2. The Labute approximate surface area is 351 Å². The van der Waals surface area contributed by atoms with Crippen LogP contribution >= 0.6 is 0 Å². The zero-order chi connectivity index (χ0) is 41.7. The maximum atomic E-state index is 14.1. The fourth-order valence-electron chi connectivity index (χ4n) is 7.16. The molecular formula is C49H70F2O5Si2. The number of aliphatic hydroxyl groups is 1. The first-order valence-electron chi connectivity index (χ1n) is 19.4. The Bertz CT molecular complexity index is 1760. The summed E-state index contributed by atoms with van der Waals surface area (Å²) in [6.07, 6.45) is 2.24. The molecule has 1 N–H and O–H groups in total. The van der Waals surface area contributed by atoms with E-state index in [-0.39, 0.29) is 49.0 Å². The zero-order valence-corrected chi connectivity index (χ0v) is 37.1. The third kappa shape index (κ3) is 12.5. The number of hydrogen-bond acceptors (Lipinski definition) is 5. The van der Waals surface area contributed by atoms with Crippen LogP contribution in [0.2, 0.25) is 10.1 Å². The lowest BCUT2D eigenvalue weighted by atomic mass is 10.1. The van der Waals surface area contributed by atoms with Gasteiger partial charge in [-0.05, 0) is 56.8 Å². The Morgan fingerprint density at radius 3 is 1.10 bits per heavy atom. The second-order valence-corrected chi connectivity index (χ2v) is 25.0. The highest BCUT2D eigenvalue weighted by molar-refractivity contribution is 7.00. The number of carbonyl (C=O) groups is 1. The van der Waals surface area contributed by atoms with Crippen molar-refractivity contribution in [1.82, 2.24) is 0 Å². The predicted molar refractivity (Wildman–Crippen MR) is 246 cm³/mol. The fraction of sp³-hybridized carbons (Fsp3) is 0.408. The summed E-state index contributed by atoms with van der Waals surface area (Å²) < 4.78 is 46.0. The normalized spacial score (nSPS) is 14.7. The molecule has 4 unspecified atom stereocenters. The number of benzene rings is 4. The van der Waals surface area contributed by atoms with Crippen LogP contribution < -0.4 is 20.7 Å². The summed E-state index contributed by atoms with van der Waals surface area (Å²) in [5.74, 6) is -2.83. The third-order valence-corrected chi connectivity index (χ3v) is 20.7. The van der Waals surface area contributed by atoms with Crippen LogP contribution in [0.25, 0.3) is 0 Å². The van der Waals surface area contributed by atoms with Gasteiger partial charge in [-0.25, -0.2) is 9.18 Å². The van der Waals surface area contributed by atoms with Gasteiger partial charge in [-0.2, -0.15) is 4.39 Å². The molecule has 0 heterocycles. The van der Waals surface area contributed by atoms with Gasteiger partial charge in [0.25, 0.3) is 16.6 Å². The molecule has 0 aliphatic carbocycles. The molecule has 4 rings (SSSR count). The lowest BCUT2D eigenvalue weighted by Crippen LogP contribution is -2.67. The van der Waals surface area contributed by atoms with Crippen molar-refractivity contribution in [2.24, 2.45) is 11.8 Å². The van der Waals surface area contributed by atoms with Gasteiger partial charge in [-0.3, -0.25) is 0 Å². The minimum Gasteiger partial charge on any atom is -0.464 e. The van der Waals surface area contributed by atoms with Crippen molar-refractivity contribution >= 4 is 43.4 Å². The molecule has 4 atom stereocenters. The average Bonchev–Trinajstić information content (AvgIpc) is 3.18. The number of methoxy groups -OCH3 is 1. The molecule has 0 aliphatic rings. The number of hydrogen-bond donors (Lipinski definition) is 1. The minimum absolute atomic E-state index is 0. The van der Waals surface area contributed by atoms with Gasteiger partial charge in [0.2, 0.25) is 5.83 Å². The summed E-state index contributed by atoms with van der Waals surface area (Å²) >= 11 is 0. The van der Waals surface area contributed by atoms with Gasteiger partial charge < -0.3 is 18.7 Å². The van der Waals surface area contributed by atoms with Crippen LogP contribution in [0.3, 0.4) is 0 Å². The Morgan fingerprint density at radius 2 is 0.862 bits per heavy atom. The van der Waals surface area contributed by atoms with E-state index in [1.54, 1.807) is 0 Å². The number of halogens is 2. The second-order valence-electron chi connectivity index (χ2n) is 16.5. The Balaban J connectivity index is 0.000000562. The molecule has 4 aromatic carbocycles. The maximum Gasteiger partial charge on any atom is 0.366 e. The van der Waals surface area contributed by atoms with Crippen molar-refractivity contribution in [3.05, 3.63) is 145 Å². The van der Waals surface area contributed by atoms with Crippen molar-refractivity contribution in [2.75, 3.05) is 13.7 Å². The monoisotopic (exact) mass is 832 g/mol. The number of aliphatic hydroxyl groups excluding tert-OH is 1. The van der Waals surface area contributed by atoms with Gasteiger partial charge >= 0.3 is 5.97 Å². The van der Waals surface area contributed by atoms with Crippen LogP contribution in [0.4, 0.5) is 8.78 Å². The molecule has 0 aromatic heterocycles. The van der Waals surface area contributed by atoms with Gasteiger partial charge in [-0.15, -0.1) is 0 Å². The largest absolute Gasteiger partial charge is 0.464 e. The number of rotatable bonds is 14. The summed E-state index contributed by atoms with van der Waals surface area (Å²) in [6, 6.07) is 41.4. The third-order valence-electron chi connectivity index (χ3n) is 10.4. The molecule has 0 amide bonds. The molecule has 0 radical (unpaired) electrons. The van der Waals surface area contributed by atoms with E-state index in [1.807, 2.05) is 76.2 Å². The standard InChI is InChI=1S/C24H31FO3Si.C23H31FO2Si.2CH4/c1-18(17-22(25)23(26)27-6)19(2)28-29(24(3,4)5,20-13-9-7-10-14-20)21-15-11-8-12-16-21;1-18(16-20(24)17-25)19(2)26-27(23(3,4)5,21-12-8-6-9-13-21)22-14-10-7-11-15-22;;/h7-19H,1-6H3;6-16,18-19,25H,17H2,1-5H3;2*1H4/b22-17+;20-16+;;. The molecule has 5 nitrogen and oxygen atoms in total. The molecule has 0 saturated heterocycles. The van der Waals surface area contributed by atoms with E-state index < -0.39 is 40.9 Å². The molecule has 9 heteroatoms.